The summed E-state index contributed by atoms with van der Waals surface area (Å²) in [5.41, 5.74) is 10.1. The first-order valence-corrected chi connectivity index (χ1v) is 6.95. The Bertz CT molecular complexity index is 262. The molecule has 0 saturated heterocycles. The summed E-state index contributed by atoms with van der Waals surface area (Å²) < 4.78 is 0. The zero-order valence-corrected chi connectivity index (χ0v) is 15.1. The van der Waals surface area contributed by atoms with Crippen LogP contribution >= 0.6 is 0 Å². The predicted octanol–water partition coefficient (Wildman–Crippen LogP) is -2.48. The van der Waals surface area contributed by atoms with Gasteiger partial charge in [-0.15, -0.1) is 0 Å². The van der Waals surface area contributed by atoms with Crippen LogP contribution in [-0.2, 0) is 30.7 Å². The van der Waals surface area contributed by atoms with Crippen molar-refractivity contribution in [2.24, 2.45) is 17.4 Å². The minimum atomic E-state index is -1.34. The SMILES string of the molecule is CCN(CC)CCC(CC(=O)[O-])C(=O)[O-].NCCCN.[Pt+2]. The molecule has 0 aromatic rings. The van der Waals surface area contributed by atoms with Gasteiger partial charge in [0.15, 0.2) is 0 Å². The maximum atomic E-state index is 10.6. The summed E-state index contributed by atoms with van der Waals surface area (Å²) in [5, 5.41) is 20.9. The van der Waals surface area contributed by atoms with Crippen molar-refractivity contribution in [1.82, 2.24) is 4.90 Å². The molecule has 21 heavy (non-hydrogen) atoms. The van der Waals surface area contributed by atoms with E-state index in [4.69, 9.17) is 11.5 Å². The Balaban J connectivity index is -0.000000465. The summed E-state index contributed by atoms with van der Waals surface area (Å²) in [6.45, 7) is 7.58. The number of hydrogen-bond donors (Lipinski definition) is 2. The Hall–Kier alpha value is -0.492. The second-order valence-corrected chi connectivity index (χ2v) is 4.34. The van der Waals surface area contributed by atoms with Gasteiger partial charge in [0, 0.05) is 17.9 Å². The van der Waals surface area contributed by atoms with Gasteiger partial charge in [0.2, 0.25) is 0 Å². The van der Waals surface area contributed by atoms with E-state index in [1.54, 1.807) is 0 Å². The average molecular weight is 484 g/mol. The second-order valence-electron chi connectivity index (χ2n) is 4.34. The van der Waals surface area contributed by atoms with Crippen molar-refractivity contribution in [2.75, 3.05) is 32.7 Å². The van der Waals surface area contributed by atoms with Crippen LogP contribution in [-0.4, -0.2) is 49.6 Å². The first-order chi connectivity index (χ1) is 9.42. The van der Waals surface area contributed by atoms with E-state index in [-0.39, 0.29) is 27.5 Å². The van der Waals surface area contributed by atoms with E-state index in [1.165, 1.54) is 0 Å². The van der Waals surface area contributed by atoms with Crippen molar-refractivity contribution in [2.45, 2.75) is 33.1 Å². The molecule has 0 spiro atoms. The molecule has 0 heterocycles. The largest absolute Gasteiger partial charge is 2.00 e. The van der Waals surface area contributed by atoms with E-state index in [0.29, 0.717) is 6.54 Å². The molecular weight excluding hydrogens is 457 g/mol. The number of aliphatic carboxylic acids is 2. The molecule has 0 radical (unpaired) electrons. The third-order valence-corrected chi connectivity index (χ3v) is 2.84. The Kier molecular flexibility index (Phi) is 21.3. The number of nitrogens with two attached hydrogens (primary N) is 2. The van der Waals surface area contributed by atoms with Gasteiger partial charge < -0.3 is 36.2 Å². The second kappa shape index (κ2) is 17.6. The van der Waals surface area contributed by atoms with Crippen LogP contribution in [0, 0.1) is 5.92 Å². The molecule has 0 rings (SSSR count). The average Bonchev–Trinajstić information content (AvgIpc) is 2.39. The normalized spacial score (nSPS) is 11.1. The van der Waals surface area contributed by atoms with E-state index in [2.05, 4.69) is 0 Å². The van der Waals surface area contributed by atoms with Crippen LogP contribution < -0.4 is 21.7 Å². The molecular formula is C13H27N3O4Pt. The van der Waals surface area contributed by atoms with E-state index < -0.39 is 24.3 Å². The topological polar surface area (TPSA) is 136 Å². The first kappa shape index (κ1) is 25.5. The third-order valence-electron chi connectivity index (χ3n) is 2.84. The van der Waals surface area contributed by atoms with Gasteiger partial charge in [-0.25, -0.2) is 0 Å². The summed E-state index contributed by atoms with van der Waals surface area (Å²) in [6, 6.07) is 0. The Morgan fingerprint density at radius 2 is 1.57 bits per heavy atom. The smallest absolute Gasteiger partial charge is 0.550 e. The fourth-order valence-electron chi connectivity index (χ4n) is 1.50. The van der Waals surface area contributed by atoms with E-state index in [9.17, 15) is 19.8 Å². The molecule has 1 unspecified atom stereocenters. The molecule has 0 saturated carbocycles. The monoisotopic (exact) mass is 484 g/mol. The molecule has 1 atom stereocenters. The maximum absolute atomic E-state index is 10.6. The number of carbonyl (C=O) groups is 2. The van der Waals surface area contributed by atoms with Gasteiger partial charge in [-0.2, -0.15) is 0 Å². The molecule has 128 valence electrons. The molecule has 0 aliphatic heterocycles. The molecule has 8 heteroatoms. The van der Waals surface area contributed by atoms with Crippen molar-refractivity contribution in [3.63, 3.8) is 0 Å². The van der Waals surface area contributed by atoms with Crippen molar-refractivity contribution in [3.05, 3.63) is 0 Å². The van der Waals surface area contributed by atoms with Crippen LogP contribution in [0.25, 0.3) is 0 Å². The summed E-state index contributed by atoms with van der Waals surface area (Å²) in [6.07, 6.45) is 0.765. The summed E-state index contributed by atoms with van der Waals surface area (Å²) in [5.74, 6) is -3.61. The van der Waals surface area contributed by atoms with E-state index in [1.807, 2.05) is 18.7 Å². The van der Waals surface area contributed by atoms with Crippen LogP contribution in [0.2, 0.25) is 0 Å². The van der Waals surface area contributed by atoms with Crippen molar-refractivity contribution in [3.8, 4) is 0 Å². The van der Waals surface area contributed by atoms with Gasteiger partial charge in [-0.3, -0.25) is 0 Å². The number of carboxylic acids is 2. The number of nitrogens with zero attached hydrogens (tertiary/aromatic N) is 1. The van der Waals surface area contributed by atoms with Crippen molar-refractivity contribution < 1.29 is 40.9 Å². The van der Waals surface area contributed by atoms with Gasteiger partial charge in [0.25, 0.3) is 0 Å². The quantitative estimate of drug-likeness (QED) is 0.350. The van der Waals surface area contributed by atoms with Crippen LogP contribution in [0.15, 0.2) is 0 Å². The van der Waals surface area contributed by atoms with Gasteiger partial charge in [-0.05, 0) is 52.0 Å². The zero-order valence-electron chi connectivity index (χ0n) is 12.8. The minimum absolute atomic E-state index is 0. The van der Waals surface area contributed by atoms with Crippen LogP contribution in [0.5, 0.6) is 0 Å². The molecule has 0 aromatic carbocycles. The van der Waals surface area contributed by atoms with Gasteiger partial charge in [0.1, 0.15) is 0 Å². The third kappa shape index (κ3) is 17.5. The number of carbonyl (C=O) groups excluding carboxylic acids is 2. The standard InChI is InChI=1S/C10H19NO4.C3H10N2.Pt/c1-3-11(4-2)6-5-8(10(14)15)7-9(12)13;4-2-1-3-5;/h8H,3-7H2,1-2H3,(H,12,13)(H,14,15);1-5H2;/q;;+2/p-2. The molecule has 0 aromatic heterocycles. The fraction of sp³-hybridized carbons (Fsp3) is 0.846. The van der Waals surface area contributed by atoms with Crippen LogP contribution in [0.4, 0.5) is 0 Å². The van der Waals surface area contributed by atoms with Crippen LogP contribution in [0.3, 0.4) is 0 Å². The molecule has 0 amide bonds. The van der Waals surface area contributed by atoms with Crippen LogP contribution in [0.1, 0.15) is 33.1 Å². The molecule has 4 N–H and O–H groups in total. The summed E-state index contributed by atoms with van der Waals surface area (Å²) in [4.78, 5) is 22.9. The maximum Gasteiger partial charge on any atom is 2.00 e. The predicted molar refractivity (Wildman–Crippen MR) is 73.3 cm³/mol. The summed E-state index contributed by atoms with van der Waals surface area (Å²) >= 11 is 0. The van der Waals surface area contributed by atoms with Crippen molar-refractivity contribution >= 4 is 11.9 Å². The summed E-state index contributed by atoms with van der Waals surface area (Å²) in [7, 11) is 0. The Morgan fingerprint density at radius 1 is 1.10 bits per heavy atom. The fourth-order valence-corrected chi connectivity index (χ4v) is 1.50. The Morgan fingerprint density at radius 3 is 1.81 bits per heavy atom. The Labute approximate surface area is 141 Å². The van der Waals surface area contributed by atoms with Crippen molar-refractivity contribution in [1.29, 1.82) is 0 Å². The number of hydrogen-bond acceptors (Lipinski definition) is 7. The van der Waals surface area contributed by atoms with Gasteiger partial charge in [0.05, 0.1) is 0 Å². The molecule has 0 bridgehead atoms. The molecule has 0 fully saturated rings. The zero-order chi connectivity index (χ0) is 16.0. The number of rotatable bonds is 10. The van der Waals surface area contributed by atoms with Gasteiger partial charge in [-0.1, -0.05) is 13.8 Å². The first-order valence-electron chi connectivity index (χ1n) is 6.95. The number of carboxylic acid groups (broad SMARTS) is 2. The molecule has 0 aliphatic rings. The van der Waals surface area contributed by atoms with E-state index >= 15 is 0 Å². The minimum Gasteiger partial charge on any atom is -0.550 e. The van der Waals surface area contributed by atoms with E-state index in [0.717, 1.165) is 32.6 Å². The van der Waals surface area contributed by atoms with Gasteiger partial charge >= 0.3 is 21.1 Å². The molecule has 7 nitrogen and oxygen atoms in total. The molecule has 0 aliphatic carbocycles.